The Kier molecular flexibility index (Phi) is 7.54. The van der Waals surface area contributed by atoms with E-state index in [0.29, 0.717) is 18.1 Å². The van der Waals surface area contributed by atoms with Crippen LogP contribution in [0.1, 0.15) is 12.0 Å². The van der Waals surface area contributed by atoms with E-state index in [-0.39, 0.29) is 23.8 Å². The summed E-state index contributed by atoms with van der Waals surface area (Å²) >= 11 is 11.8. The van der Waals surface area contributed by atoms with Gasteiger partial charge < -0.3 is 4.90 Å². The van der Waals surface area contributed by atoms with Gasteiger partial charge in [-0.1, -0.05) is 41.4 Å². The van der Waals surface area contributed by atoms with Gasteiger partial charge in [0.1, 0.15) is 0 Å². The van der Waals surface area contributed by atoms with Crippen LogP contribution in [0.5, 0.6) is 0 Å². The van der Waals surface area contributed by atoms with Crippen LogP contribution in [0.15, 0.2) is 53.4 Å². The van der Waals surface area contributed by atoms with Gasteiger partial charge in [0.05, 0.1) is 4.90 Å². The molecule has 0 spiro atoms. The number of hydrogen-bond acceptors (Lipinski definition) is 4. The molecule has 1 fully saturated rings. The predicted molar refractivity (Wildman–Crippen MR) is 115 cm³/mol. The first-order valence-corrected chi connectivity index (χ1v) is 11.6. The van der Waals surface area contributed by atoms with E-state index >= 15 is 0 Å². The summed E-state index contributed by atoms with van der Waals surface area (Å²) in [6.07, 6.45) is 0.122. The molecule has 3 rings (SSSR count). The fraction of sp³-hybridized carbons (Fsp3) is 0.350. The summed E-state index contributed by atoms with van der Waals surface area (Å²) in [4.78, 5) is 16.6. The second-order valence-corrected chi connectivity index (χ2v) is 9.53. The number of piperazine rings is 1. The maximum Gasteiger partial charge on any atom is 0.240 e. The third kappa shape index (κ3) is 6.42. The highest BCUT2D eigenvalue weighted by Gasteiger charge is 2.22. The largest absolute Gasteiger partial charge is 0.340 e. The number of benzene rings is 2. The first-order chi connectivity index (χ1) is 13.8. The van der Waals surface area contributed by atoms with E-state index in [2.05, 4.69) is 9.62 Å². The van der Waals surface area contributed by atoms with E-state index in [0.717, 1.165) is 24.7 Å². The zero-order valence-electron chi connectivity index (χ0n) is 15.9. The molecule has 29 heavy (non-hydrogen) atoms. The molecule has 2 aromatic carbocycles. The van der Waals surface area contributed by atoms with Crippen LogP contribution in [0.2, 0.25) is 10.0 Å². The van der Waals surface area contributed by atoms with E-state index in [1.807, 2.05) is 24.3 Å². The van der Waals surface area contributed by atoms with Gasteiger partial charge in [-0.05, 0) is 35.9 Å². The summed E-state index contributed by atoms with van der Waals surface area (Å²) in [6.45, 7) is 3.70. The molecule has 0 radical (unpaired) electrons. The highest BCUT2D eigenvalue weighted by Crippen LogP contribution is 2.16. The molecule has 156 valence electrons. The van der Waals surface area contributed by atoms with Crippen LogP contribution in [0.3, 0.4) is 0 Å². The standard InChI is InChI=1S/C20H23Cl2N3O3S/c21-17-6-4-16(5-7-17)15-24-10-12-25(13-11-24)20(26)8-9-23-29(27,28)19-3-1-2-18(22)14-19/h1-7,14,23H,8-13,15H2. The summed E-state index contributed by atoms with van der Waals surface area (Å²) < 4.78 is 27.0. The number of nitrogens with one attached hydrogen (secondary N) is 1. The van der Waals surface area contributed by atoms with Gasteiger partial charge in [-0.15, -0.1) is 0 Å². The molecule has 6 nitrogen and oxygen atoms in total. The van der Waals surface area contributed by atoms with Crippen molar-refractivity contribution in [1.82, 2.24) is 14.5 Å². The van der Waals surface area contributed by atoms with Crippen LogP contribution in [-0.2, 0) is 21.4 Å². The van der Waals surface area contributed by atoms with Crippen molar-refractivity contribution >= 4 is 39.1 Å². The lowest BCUT2D eigenvalue weighted by atomic mass is 10.2. The van der Waals surface area contributed by atoms with Crippen molar-refractivity contribution in [2.45, 2.75) is 17.9 Å². The molecule has 1 saturated heterocycles. The molecule has 1 aliphatic heterocycles. The van der Waals surface area contributed by atoms with Crippen molar-refractivity contribution in [3.63, 3.8) is 0 Å². The smallest absolute Gasteiger partial charge is 0.240 e. The van der Waals surface area contributed by atoms with Crippen molar-refractivity contribution in [2.75, 3.05) is 32.7 Å². The molecule has 0 saturated carbocycles. The second kappa shape index (κ2) is 9.91. The Bertz CT molecular complexity index is 944. The third-order valence-corrected chi connectivity index (χ3v) is 6.73. The Labute approximate surface area is 181 Å². The van der Waals surface area contributed by atoms with E-state index < -0.39 is 10.0 Å². The van der Waals surface area contributed by atoms with Crippen LogP contribution in [0.25, 0.3) is 0 Å². The highest BCUT2D eigenvalue weighted by atomic mass is 35.5. The van der Waals surface area contributed by atoms with E-state index in [9.17, 15) is 13.2 Å². The number of carbonyl (C=O) groups is 1. The number of sulfonamides is 1. The summed E-state index contributed by atoms with van der Waals surface area (Å²) in [7, 11) is -3.68. The quantitative estimate of drug-likeness (QED) is 0.696. The second-order valence-electron chi connectivity index (χ2n) is 6.89. The molecule has 0 atom stereocenters. The van der Waals surface area contributed by atoms with Crippen molar-refractivity contribution in [3.8, 4) is 0 Å². The zero-order chi connectivity index (χ0) is 20.9. The van der Waals surface area contributed by atoms with Gasteiger partial charge in [0, 0.05) is 55.7 Å². The minimum absolute atomic E-state index is 0.0510. The van der Waals surface area contributed by atoms with Crippen LogP contribution < -0.4 is 4.72 Å². The maximum absolute atomic E-state index is 12.4. The Morgan fingerprint density at radius 1 is 0.966 bits per heavy atom. The molecular formula is C20H23Cl2N3O3S. The fourth-order valence-electron chi connectivity index (χ4n) is 3.17. The van der Waals surface area contributed by atoms with Gasteiger partial charge in [0.2, 0.25) is 15.9 Å². The summed E-state index contributed by atoms with van der Waals surface area (Å²) in [5, 5.41) is 1.07. The number of carbonyl (C=O) groups excluding carboxylic acids is 1. The molecule has 1 heterocycles. The first kappa shape index (κ1) is 22.1. The summed E-state index contributed by atoms with van der Waals surface area (Å²) in [5.74, 6) is -0.0510. The number of hydrogen-bond donors (Lipinski definition) is 1. The van der Waals surface area contributed by atoms with E-state index in [1.165, 1.54) is 17.7 Å². The van der Waals surface area contributed by atoms with Crippen molar-refractivity contribution < 1.29 is 13.2 Å². The molecule has 9 heteroatoms. The van der Waals surface area contributed by atoms with Gasteiger partial charge in [-0.25, -0.2) is 13.1 Å². The minimum Gasteiger partial charge on any atom is -0.340 e. The van der Waals surface area contributed by atoms with Crippen LogP contribution in [-0.4, -0.2) is 56.8 Å². The summed E-state index contributed by atoms with van der Waals surface area (Å²) in [5.41, 5.74) is 1.18. The van der Waals surface area contributed by atoms with Crippen molar-refractivity contribution in [2.24, 2.45) is 0 Å². The van der Waals surface area contributed by atoms with Gasteiger partial charge in [-0.2, -0.15) is 0 Å². The van der Waals surface area contributed by atoms with E-state index in [4.69, 9.17) is 23.2 Å². The van der Waals surface area contributed by atoms with Crippen molar-refractivity contribution in [1.29, 1.82) is 0 Å². The Hall–Kier alpha value is -1.64. The monoisotopic (exact) mass is 455 g/mol. The number of rotatable bonds is 7. The average molecular weight is 456 g/mol. The normalized spacial score (nSPS) is 15.4. The SMILES string of the molecule is O=C(CCNS(=O)(=O)c1cccc(Cl)c1)N1CCN(Cc2ccc(Cl)cc2)CC1. The third-order valence-electron chi connectivity index (χ3n) is 4.78. The predicted octanol–water partition coefficient (Wildman–Crippen LogP) is 3.01. The minimum atomic E-state index is -3.68. The maximum atomic E-state index is 12.4. The van der Waals surface area contributed by atoms with Crippen LogP contribution >= 0.6 is 23.2 Å². The molecule has 0 aromatic heterocycles. The van der Waals surface area contributed by atoms with Crippen LogP contribution in [0, 0.1) is 0 Å². The Morgan fingerprint density at radius 2 is 1.66 bits per heavy atom. The fourth-order valence-corrected chi connectivity index (χ4v) is 4.63. The molecule has 2 aromatic rings. The number of amides is 1. The van der Waals surface area contributed by atoms with Crippen molar-refractivity contribution in [3.05, 3.63) is 64.1 Å². The Morgan fingerprint density at radius 3 is 2.31 bits per heavy atom. The first-order valence-electron chi connectivity index (χ1n) is 9.33. The topological polar surface area (TPSA) is 69.7 Å². The molecule has 1 aliphatic rings. The molecular weight excluding hydrogens is 433 g/mol. The average Bonchev–Trinajstić information content (AvgIpc) is 2.70. The van der Waals surface area contributed by atoms with Gasteiger partial charge >= 0.3 is 0 Å². The highest BCUT2D eigenvalue weighted by molar-refractivity contribution is 7.89. The Balaban J connectivity index is 1.42. The molecule has 0 bridgehead atoms. The molecule has 0 unspecified atom stereocenters. The van der Waals surface area contributed by atoms with Gasteiger partial charge in [0.15, 0.2) is 0 Å². The number of halogens is 2. The lowest BCUT2D eigenvalue weighted by Crippen LogP contribution is -2.48. The van der Waals surface area contributed by atoms with Crippen LogP contribution in [0.4, 0.5) is 0 Å². The molecule has 1 N–H and O–H groups in total. The lowest BCUT2D eigenvalue weighted by molar-refractivity contribution is -0.132. The summed E-state index contributed by atoms with van der Waals surface area (Å²) in [6, 6.07) is 13.8. The van der Waals surface area contributed by atoms with E-state index in [1.54, 1.807) is 17.0 Å². The zero-order valence-corrected chi connectivity index (χ0v) is 18.2. The lowest BCUT2D eigenvalue weighted by Gasteiger charge is -2.34. The molecule has 1 amide bonds. The van der Waals surface area contributed by atoms with Gasteiger partial charge in [-0.3, -0.25) is 9.69 Å². The number of nitrogens with zero attached hydrogens (tertiary/aromatic N) is 2. The van der Waals surface area contributed by atoms with Gasteiger partial charge in [0.25, 0.3) is 0 Å². The molecule has 0 aliphatic carbocycles.